The molecule has 0 N–H and O–H groups in total. The van der Waals surface area contributed by atoms with Crippen LogP contribution in [0.5, 0.6) is 0 Å². The molecule has 3 aromatic carbocycles. The van der Waals surface area contributed by atoms with Crippen LogP contribution in [0, 0.1) is 17.8 Å². The Hall–Kier alpha value is -3.47. The molecule has 0 aromatic heterocycles. The average molecular weight is 549 g/mol. The van der Waals surface area contributed by atoms with Crippen LogP contribution in [-0.2, 0) is 24.6 Å². The van der Waals surface area contributed by atoms with Gasteiger partial charge in [-0.25, -0.2) is 0 Å². The van der Waals surface area contributed by atoms with Crippen LogP contribution in [0.4, 0.5) is 0 Å². The maximum Gasteiger partial charge on any atom is 0.309 e. The van der Waals surface area contributed by atoms with E-state index >= 15 is 0 Å². The number of carbonyl (C=O) groups excluding carboxylic acids is 1. The Bertz CT molecular complexity index is 1300. The van der Waals surface area contributed by atoms with Crippen LogP contribution in [-0.4, -0.2) is 31.4 Å². The molecule has 2 aliphatic heterocycles. The molecule has 212 valence electrons. The lowest BCUT2D eigenvalue weighted by Crippen LogP contribution is -2.47. The van der Waals surface area contributed by atoms with E-state index in [1.54, 1.807) is 0 Å². The lowest BCUT2D eigenvalue weighted by molar-refractivity contribution is -0.155. The number of ether oxygens (including phenoxy) is 3. The molecule has 6 rings (SSSR count). The first-order valence-corrected chi connectivity index (χ1v) is 14.9. The lowest BCUT2D eigenvalue weighted by Gasteiger charge is -2.43. The van der Waals surface area contributed by atoms with E-state index in [0.717, 1.165) is 36.0 Å². The van der Waals surface area contributed by atoms with Crippen molar-refractivity contribution in [2.24, 2.45) is 17.8 Å². The highest BCUT2D eigenvalue weighted by Crippen LogP contribution is 2.52. The summed E-state index contributed by atoms with van der Waals surface area (Å²) in [4.78, 5) is 13.2. The van der Waals surface area contributed by atoms with Gasteiger partial charge in [0.25, 0.3) is 0 Å². The number of esters is 1. The third kappa shape index (κ3) is 5.09. The molecule has 2 heterocycles. The molecule has 4 nitrogen and oxygen atoms in total. The Kier molecular flexibility index (Phi) is 7.96. The number of carbonyl (C=O) groups is 1. The topological polar surface area (TPSA) is 44.8 Å². The van der Waals surface area contributed by atoms with Gasteiger partial charge >= 0.3 is 5.97 Å². The predicted octanol–water partition coefficient (Wildman–Crippen LogP) is 7.63. The minimum absolute atomic E-state index is 0.00614. The molecule has 3 aromatic rings. The molecule has 0 spiro atoms. The summed E-state index contributed by atoms with van der Waals surface area (Å²) in [6.45, 7) is 4.40. The number of methoxy groups -OCH3 is 1. The summed E-state index contributed by atoms with van der Waals surface area (Å²) in [7, 11) is 1.50. The van der Waals surface area contributed by atoms with Crippen molar-refractivity contribution in [3.63, 3.8) is 0 Å². The van der Waals surface area contributed by atoms with Crippen molar-refractivity contribution in [1.82, 2.24) is 0 Å². The normalized spacial score (nSPS) is 29.1. The summed E-state index contributed by atoms with van der Waals surface area (Å²) in [6, 6.07) is 31.6. The van der Waals surface area contributed by atoms with Gasteiger partial charge in [0, 0.05) is 11.8 Å². The van der Waals surface area contributed by atoms with Crippen molar-refractivity contribution in [1.29, 1.82) is 0 Å². The monoisotopic (exact) mass is 548 g/mol. The summed E-state index contributed by atoms with van der Waals surface area (Å²) in [5.41, 5.74) is 5.00. The molecule has 6 atom stereocenters. The van der Waals surface area contributed by atoms with E-state index < -0.39 is 5.60 Å². The summed E-state index contributed by atoms with van der Waals surface area (Å²) in [5, 5.41) is 0. The average Bonchev–Trinajstić information content (AvgIpc) is 3.42. The number of hydrogen-bond acceptors (Lipinski definition) is 4. The number of hydrogen-bond donors (Lipinski definition) is 0. The van der Waals surface area contributed by atoms with Gasteiger partial charge in [-0.3, -0.25) is 4.79 Å². The first-order valence-electron chi connectivity index (χ1n) is 14.9. The first-order chi connectivity index (χ1) is 20.0. The molecule has 2 bridgehead atoms. The fourth-order valence-corrected chi connectivity index (χ4v) is 7.56. The molecule has 0 amide bonds. The zero-order valence-electron chi connectivity index (χ0n) is 24.2. The second kappa shape index (κ2) is 11.8. The summed E-state index contributed by atoms with van der Waals surface area (Å²) >= 11 is 0. The van der Waals surface area contributed by atoms with Crippen LogP contribution in [0.2, 0.25) is 0 Å². The molecule has 1 fully saturated rings. The third-order valence-electron chi connectivity index (χ3n) is 9.42. The Labute approximate surface area is 244 Å². The maximum absolute atomic E-state index is 13.2. The van der Waals surface area contributed by atoms with Crippen LogP contribution in [0.3, 0.4) is 0 Å². The highest BCUT2D eigenvalue weighted by molar-refractivity contribution is 5.73. The van der Waals surface area contributed by atoms with E-state index in [4.69, 9.17) is 14.2 Å². The predicted molar refractivity (Wildman–Crippen MR) is 161 cm³/mol. The molecule has 1 saturated heterocycles. The smallest absolute Gasteiger partial charge is 0.309 e. The van der Waals surface area contributed by atoms with Gasteiger partial charge in [0.15, 0.2) is 0 Å². The van der Waals surface area contributed by atoms with Crippen molar-refractivity contribution >= 4 is 5.97 Å². The van der Waals surface area contributed by atoms with Gasteiger partial charge in [-0.05, 0) is 56.2 Å². The van der Waals surface area contributed by atoms with Gasteiger partial charge in [0.1, 0.15) is 5.60 Å². The van der Waals surface area contributed by atoms with Crippen molar-refractivity contribution in [3.8, 4) is 0 Å². The van der Waals surface area contributed by atoms with Gasteiger partial charge in [-0.1, -0.05) is 114 Å². The first kappa shape index (κ1) is 27.7. The fourth-order valence-electron chi connectivity index (χ4n) is 7.56. The van der Waals surface area contributed by atoms with Crippen LogP contribution < -0.4 is 0 Å². The van der Waals surface area contributed by atoms with E-state index in [1.165, 1.54) is 18.3 Å². The molecule has 3 aliphatic rings. The molecule has 0 unspecified atom stereocenters. The zero-order chi connectivity index (χ0) is 28.4. The van der Waals surface area contributed by atoms with E-state index in [9.17, 15) is 4.79 Å². The number of benzene rings is 3. The largest absolute Gasteiger partial charge is 0.469 e. The Balaban J connectivity index is 1.53. The minimum Gasteiger partial charge on any atom is -0.469 e. The van der Waals surface area contributed by atoms with Gasteiger partial charge in [-0.15, -0.1) is 0 Å². The molecule has 0 saturated carbocycles. The van der Waals surface area contributed by atoms with Crippen molar-refractivity contribution < 1.29 is 19.0 Å². The molecular weight excluding hydrogens is 508 g/mol. The number of allylic oxidation sites excluding steroid dienone is 2. The Morgan fingerprint density at radius 1 is 0.829 bits per heavy atom. The summed E-state index contributed by atoms with van der Waals surface area (Å²) in [5.74, 6) is -0.252. The van der Waals surface area contributed by atoms with E-state index in [-0.39, 0.29) is 42.0 Å². The molecule has 41 heavy (non-hydrogen) atoms. The van der Waals surface area contributed by atoms with Crippen LogP contribution in [0.25, 0.3) is 0 Å². The fraction of sp³-hybridized carbons (Fsp3) is 0.378. The van der Waals surface area contributed by atoms with E-state index in [2.05, 4.69) is 98.8 Å². The SMILES string of the molecule is COC(=O)[C@H]1CC=C(C)[C@H]2[C@@H]1[C@H]1O[C@@H]2C/C(C)=C\CC[C@H]1OC(c1ccccc1)(c1ccccc1)c1ccccc1. The Morgan fingerprint density at radius 2 is 1.39 bits per heavy atom. The molecule has 1 aliphatic carbocycles. The van der Waals surface area contributed by atoms with Gasteiger partial charge in [0.2, 0.25) is 0 Å². The van der Waals surface area contributed by atoms with E-state index in [1.807, 2.05) is 18.2 Å². The number of rotatable bonds is 6. The summed E-state index contributed by atoms with van der Waals surface area (Å²) in [6.07, 6.45) is 7.32. The highest BCUT2D eigenvalue weighted by atomic mass is 16.6. The molecule has 4 heteroatoms. The van der Waals surface area contributed by atoms with Gasteiger partial charge in [0.05, 0.1) is 31.3 Å². The second-order valence-corrected chi connectivity index (χ2v) is 11.8. The van der Waals surface area contributed by atoms with Crippen LogP contribution in [0.15, 0.2) is 114 Å². The van der Waals surface area contributed by atoms with Gasteiger partial charge < -0.3 is 14.2 Å². The standard InChI is InChI=1S/C37H40O4/c1-25-14-13-21-31(35-34-30(36(38)39-3)23-22-26(2)33(34)32(24-25)40-35)41-37(27-15-7-4-8-16-27,28-17-9-5-10-18-28)29-19-11-6-12-20-29/h4-12,14-20,22,30-35H,13,21,23-24H2,1-3H3/b25-14-/t30-,31+,32+,33+,34+,35-/m0/s1. The molecule has 0 radical (unpaired) electrons. The van der Waals surface area contributed by atoms with Crippen LogP contribution >= 0.6 is 0 Å². The van der Waals surface area contributed by atoms with Crippen molar-refractivity contribution in [2.45, 2.75) is 63.4 Å². The van der Waals surface area contributed by atoms with Crippen molar-refractivity contribution in [2.75, 3.05) is 7.11 Å². The molecular formula is C37H40O4. The zero-order valence-corrected chi connectivity index (χ0v) is 24.2. The highest BCUT2D eigenvalue weighted by Gasteiger charge is 2.56. The summed E-state index contributed by atoms with van der Waals surface area (Å²) < 4.78 is 20.0. The maximum atomic E-state index is 13.2. The quantitative estimate of drug-likeness (QED) is 0.180. The van der Waals surface area contributed by atoms with Crippen molar-refractivity contribution in [3.05, 3.63) is 131 Å². The second-order valence-electron chi connectivity index (χ2n) is 11.8. The third-order valence-corrected chi connectivity index (χ3v) is 9.42. The van der Waals surface area contributed by atoms with E-state index in [0.29, 0.717) is 6.42 Å². The van der Waals surface area contributed by atoms with Crippen LogP contribution in [0.1, 0.15) is 56.2 Å². The lowest BCUT2D eigenvalue weighted by atomic mass is 9.67. The minimum atomic E-state index is -0.863. The van der Waals surface area contributed by atoms with Gasteiger partial charge in [-0.2, -0.15) is 0 Å². The number of fused-ring (bicyclic) bond motifs is 5. The Morgan fingerprint density at radius 3 is 1.93 bits per heavy atom.